The van der Waals surface area contributed by atoms with Crippen LogP contribution in [0.15, 0.2) is 24.3 Å². The van der Waals surface area contributed by atoms with E-state index in [2.05, 4.69) is 10.1 Å². The summed E-state index contributed by atoms with van der Waals surface area (Å²) in [7, 11) is 1.30. The predicted molar refractivity (Wildman–Crippen MR) is 58.2 cm³/mol. The SMILES string of the molecule is COC(=O)C(C)Nc1ccc([N+](=O)[O-])cc1. The van der Waals surface area contributed by atoms with Crippen LogP contribution in [0.2, 0.25) is 0 Å². The second-order valence-corrected chi connectivity index (χ2v) is 3.19. The molecule has 0 spiro atoms. The van der Waals surface area contributed by atoms with Crippen molar-refractivity contribution < 1.29 is 14.5 Å². The van der Waals surface area contributed by atoms with Crippen LogP contribution in [0.25, 0.3) is 0 Å². The van der Waals surface area contributed by atoms with Crippen LogP contribution in [0.4, 0.5) is 11.4 Å². The second kappa shape index (κ2) is 5.11. The van der Waals surface area contributed by atoms with Crippen LogP contribution in [0, 0.1) is 10.1 Å². The molecule has 0 saturated carbocycles. The monoisotopic (exact) mass is 224 g/mol. The molecule has 0 aliphatic rings. The predicted octanol–water partition coefficient (Wildman–Crippen LogP) is 1.57. The van der Waals surface area contributed by atoms with Gasteiger partial charge in [-0.3, -0.25) is 10.1 Å². The Hall–Kier alpha value is -2.11. The first-order valence-corrected chi connectivity index (χ1v) is 4.63. The average Bonchev–Trinajstić information content (AvgIpc) is 2.28. The normalized spacial score (nSPS) is 11.6. The number of nitrogens with one attached hydrogen (secondary N) is 1. The van der Waals surface area contributed by atoms with Gasteiger partial charge in [0.15, 0.2) is 0 Å². The lowest BCUT2D eigenvalue weighted by Gasteiger charge is -2.12. The molecule has 6 nitrogen and oxygen atoms in total. The van der Waals surface area contributed by atoms with E-state index in [9.17, 15) is 14.9 Å². The van der Waals surface area contributed by atoms with Gasteiger partial charge in [0.1, 0.15) is 6.04 Å². The molecule has 0 aliphatic carbocycles. The average molecular weight is 224 g/mol. The van der Waals surface area contributed by atoms with Gasteiger partial charge in [0, 0.05) is 17.8 Å². The van der Waals surface area contributed by atoms with E-state index in [1.807, 2.05) is 0 Å². The number of nitro groups is 1. The van der Waals surface area contributed by atoms with Gasteiger partial charge in [-0.2, -0.15) is 0 Å². The Labute approximate surface area is 92.4 Å². The molecule has 0 aliphatic heterocycles. The third-order valence-corrected chi connectivity index (χ3v) is 2.02. The van der Waals surface area contributed by atoms with Crippen LogP contribution in [-0.4, -0.2) is 24.0 Å². The lowest BCUT2D eigenvalue weighted by molar-refractivity contribution is -0.384. The number of nitro benzene ring substituents is 1. The number of carbonyl (C=O) groups is 1. The van der Waals surface area contributed by atoms with Gasteiger partial charge in [-0.25, -0.2) is 4.79 Å². The van der Waals surface area contributed by atoms with Crippen molar-refractivity contribution in [2.75, 3.05) is 12.4 Å². The molecule has 0 heterocycles. The molecule has 0 fully saturated rings. The quantitative estimate of drug-likeness (QED) is 0.477. The van der Waals surface area contributed by atoms with Crippen molar-refractivity contribution >= 4 is 17.3 Å². The number of rotatable bonds is 4. The van der Waals surface area contributed by atoms with Crippen LogP contribution in [0.1, 0.15) is 6.92 Å². The number of ether oxygens (including phenoxy) is 1. The van der Waals surface area contributed by atoms with Crippen molar-refractivity contribution in [3.63, 3.8) is 0 Å². The Morgan fingerprint density at radius 3 is 2.44 bits per heavy atom. The molecule has 0 radical (unpaired) electrons. The Morgan fingerprint density at radius 1 is 1.44 bits per heavy atom. The van der Waals surface area contributed by atoms with Crippen LogP contribution in [-0.2, 0) is 9.53 Å². The van der Waals surface area contributed by atoms with Gasteiger partial charge >= 0.3 is 5.97 Å². The summed E-state index contributed by atoms with van der Waals surface area (Å²) in [5.74, 6) is -0.390. The molecule has 1 rings (SSSR count). The van der Waals surface area contributed by atoms with Gasteiger partial charge in [-0.1, -0.05) is 0 Å². The van der Waals surface area contributed by atoms with E-state index < -0.39 is 16.9 Å². The topological polar surface area (TPSA) is 81.5 Å². The summed E-state index contributed by atoms with van der Waals surface area (Å²) < 4.78 is 4.54. The number of esters is 1. The largest absolute Gasteiger partial charge is 0.467 e. The Balaban J connectivity index is 2.68. The number of anilines is 1. The molecular weight excluding hydrogens is 212 g/mol. The minimum atomic E-state index is -0.494. The van der Waals surface area contributed by atoms with Gasteiger partial charge in [0.05, 0.1) is 12.0 Å². The van der Waals surface area contributed by atoms with E-state index in [-0.39, 0.29) is 5.69 Å². The smallest absolute Gasteiger partial charge is 0.327 e. The maximum Gasteiger partial charge on any atom is 0.327 e. The van der Waals surface area contributed by atoms with E-state index in [4.69, 9.17) is 0 Å². The molecule has 0 bridgehead atoms. The van der Waals surface area contributed by atoms with E-state index in [0.29, 0.717) is 5.69 Å². The molecule has 0 amide bonds. The van der Waals surface area contributed by atoms with E-state index in [1.165, 1.54) is 31.4 Å². The van der Waals surface area contributed by atoms with E-state index in [0.717, 1.165) is 0 Å². The summed E-state index contributed by atoms with van der Waals surface area (Å²) in [6, 6.07) is 5.32. The molecule has 1 atom stereocenters. The maximum absolute atomic E-state index is 11.1. The molecular formula is C10H12N2O4. The first kappa shape index (κ1) is 12.0. The summed E-state index contributed by atoms with van der Waals surface area (Å²) in [5.41, 5.74) is 0.639. The molecule has 16 heavy (non-hydrogen) atoms. The summed E-state index contributed by atoms with van der Waals surface area (Å²) in [5, 5.41) is 13.3. The summed E-state index contributed by atoms with van der Waals surface area (Å²) >= 11 is 0. The number of hydrogen-bond acceptors (Lipinski definition) is 5. The molecule has 1 aromatic rings. The highest BCUT2D eigenvalue weighted by atomic mass is 16.6. The first-order chi connectivity index (χ1) is 7.54. The highest BCUT2D eigenvalue weighted by Gasteiger charge is 2.12. The Bertz CT molecular complexity index is 388. The summed E-state index contributed by atoms with van der Waals surface area (Å²) in [6.45, 7) is 1.65. The standard InChI is InChI=1S/C10H12N2O4/c1-7(10(13)16-2)11-8-3-5-9(6-4-8)12(14)15/h3-7,11H,1-2H3. The zero-order valence-electron chi connectivity index (χ0n) is 8.97. The molecule has 1 unspecified atom stereocenters. The number of carbonyl (C=O) groups excluding carboxylic acids is 1. The third kappa shape index (κ3) is 2.94. The zero-order chi connectivity index (χ0) is 12.1. The Kier molecular flexibility index (Phi) is 3.82. The van der Waals surface area contributed by atoms with Crippen molar-refractivity contribution in [1.29, 1.82) is 0 Å². The van der Waals surface area contributed by atoms with Crippen molar-refractivity contribution in [1.82, 2.24) is 0 Å². The van der Waals surface area contributed by atoms with Crippen molar-refractivity contribution in [3.05, 3.63) is 34.4 Å². The van der Waals surface area contributed by atoms with Gasteiger partial charge < -0.3 is 10.1 Å². The van der Waals surface area contributed by atoms with Gasteiger partial charge in [0.25, 0.3) is 5.69 Å². The molecule has 1 N–H and O–H groups in total. The van der Waals surface area contributed by atoms with Gasteiger partial charge in [-0.15, -0.1) is 0 Å². The van der Waals surface area contributed by atoms with Gasteiger partial charge in [-0.05, 0) is 19.1 Å². The fraction of sp³-hybridized carbons (Fsp3) is 0.300. The molecule has 1 aromatic carbocycles. The number of benzene rings is 1. The van der Waals surface area contributed by atoms with E-state index in [1.54, 1.807) is 6.92 Å². The zero-order valence-corrected chi connectivity index (χ0v) is 8.97. The van der Waals surface area contributed by atoms with Crippen LogP contribution < -0.4 is 5.32 Å². The fourth-order valence-corrected chi connectivity index (χ4v) is 1.17. The number of methoxy groups -OCH3 is 1. The van der Waals surface area contributed by atoms with Crippen molar-refractivity contribution in [2.24, 2.45) is 0 Å². The van der Waals surface area contributed by atoms with Crippen LogP contribution in [0.5, 0.6) is 0 Å². The highest BCUT2D eigenvalue weighted by molar-refractivity contribution is 5.78. The molecule has 86 valence electrons. The van der Waals surface area contributed by atoms with E-state index >= 15 is 0 Å². The summed E-state index contributed by atoms with van der Waals surface area (Å²) in [4.78, 5) is 21.0. The lowest BCUT2D eigenvalue weighted by atomic mass is 10.2. The number of nitrogens with zero attached hydrogens (tertiary/aromatic N) is 1. The Morgan fingerprint density at radius 2 is 2.00 bits per heavy atom. The minimum absolute atomic E-state index is 0.0104. The third-order valence-electron chi connectivity index (χ3n) is 2.02. The lowest BCUT2D eigenvalue weighted by Crippen LogP contribution is -2.27. The molecule has 6 heteroatoms. The first-order valence-electron chi connectivity index (χ1n) is 4.63. The second-order valence-electron chi connectivity index (χ2n) is 3.19. The van der Waals surface area contributed by atoms with Crippen molar-refractivity contribution in [2.45, 2.75) is 13.0 Å². The molecule has 0 aromatic heterocycles. The fourth-order valence-electron chi connectivity index (χ4n) is 1.17. The maximum atomic E-state index is 11.1. The number of non-ortho nitro benzene ring substituents is 1. The summed E-state index contributed by atoms with van der Waals surface area (Å²) in [6.07, 6.45) is 0. The minimum Gasteiger partial charge on any atom is -0.467 e. The number of hydrogen-bond donors (Lipinski definition) is 1. The van der Waals surface area contributed by atoms with Crippen LogP contribution in [0.3, 0.4) is 0 Å². The highest BCUT2D eigenvalue weighted by Crippen LogP contribution is 2.16. The van der Waals surface area contributed by atoms with Gasteiger partial charge in [0.2, 0.25) is 0 Å². The van der Waals surface area contributed by atoms with Crippen molar-refractivity contribution in [3.8, 4) is 0 Å². The van der Waals surface area contributed by atoms with Crippen LogP contribution >= 0.6 is 0 Å². The molecule has 0 saturated heterocycles.